The Morgan fingerprint density at radius 1 is 0.879 bits per heavy atom. The van der Waals surface area contributed by atoms with E-state index in [1.54, 1.807) is 6.20 Å². The number of ether oxygens (including phenoxy) is 1. The fourth-order valence-electron chi connectivity index (χ4n) is 3.45. The van der Waals surface area contributed by atoms with Crippen molar-refractivity contribution >= 4 is 35.7 Å². The molecule has 0 atom stereocenters. The summed E-state index contributed by atoms with van der Waals surface area (Å²) in [5, 5.41) is 13.7. The summed E-state index contributed by atoms with van der Waals surface area (Å²) in [5.41, 5.74) is 7.32. The number of pyridine rings is 1. The van der Waals surface area contributed by atoms with Crippen LogP contribution < -0.4 is 10.2 Å². The summed E-state index contributed by atoms with van der Waals surface area (Å²) in [4.78, 5) is 4.16. The molecule has 0 fully saturated rings. The minimum atomic E-state index is 0.420. The molecule has 6 nitrogen and oxygen atoms in total. The first kappa shape index (κ1) is 22.7. The van der Waals surface area contributed by atoms with Crippen LogP contribution in [0.15, 0.2) is 78.2 Å². The highest BCUT2D eigenvalue weighted by molar-refractivity contribution is 6.31. The molecule has 2 aromatic carbocycles. The van der Waals surface area contributed by atoms with E-state index < -0.39 is 0 Å². The van der Waals surface area contributed by atoms with Crippen LogP contribution in [0.5, 0.6) is 5.88 Å². The highest BCUT2D eigenvalue weighted by Crippen LogP contribution is 2.42. The lowest BCUT2D eigenvalue weighted by Crippen LogP contribution is -2.07. The van der Waals surface area contributed by atoms with Crippen LogP contribution in [-0.2, 0) is 6.42 Å². The Labute approximate surface area is 202 Å². The number of nitrogens with zero attached hydrogens (tertiary/aromatic N) is 4. The SMILES string of the molecule is C=NNc1nnc(OCCCc2cccnc2)c(-c2ccc(Cl)cc2)c1-c1ccc(Cl)cc1. The van der Waals surface area contributed by atoms with Gasteiger partial charge in [-0.3, -0.25) is 10.4 Å². The summed E-state index contributed by atoms with van der Waals surface area (Å²) in [6, 6.07) is 19.0. The molecular formula is C25H21Cl2N5O. The quantitative estimate of drug-likeness (QED) is 0.168. The van der Waals surface area contributed by atoms with E-state index in [4.69, 9.17) is 27.9 Å². The molecule has 2 aromatic heterocycles. The van der Waals surface area contributed by atoms with Crippen molar-refractivity contribution in [2.75, 3.05) is 12.0 Å². The van der Waals surface area contributed by atoms with Gasteiger partial charge in [0.15, 0.2) is 5.82 Å². The van der Waals surface area contributed by atoms with Crippen LogP contribution in [0.1, 0.15) is 12.0 Å². The third kappa shape index (κ3) is 5.66. The second kappa shape index (κ2) is 10.9. The molecule has 0 radical (unpaired) electrons. The first-order valence-electron chi connectivity index (χ1n) is 10.3. The summed E-state index contributed by atoms with van der Waals surface area (Å²) < 4.78 is 6.14. The van der Waals surface area contributed by atoms with E-state index in [1.807, 2.05) is 66.9 Å². The molecule has 0 saturated heterocycles. The van der Waals surface area contributed by atoms with Crippen LogP contribution >= 0.6 is 23.2 Å². The number of hydrogen-bond acceptors (Lipinski definition) is 6. The summed E-state index contributed by atoms with van der Waals surface area (Å²) in [5.74, 6) is 0.878. The molecule has 1 N–H and O–H groups in total. The molecule has 0 amide bonds. The topological polar surface area (TPSA) is 72.3 Å². The van der Waals surface area contributed by atoms with Crippen molar-refractivity contribution in [2.24, 2.45) is 5.10 Å². The molecule has 4 rings (SSSR count). The van der Waals surface area contributed by atoms with Gasteiger partial charge >= 0.3 is 0 Å². The van der Waals surface area contributed by atoms with E-state index in [2.05, 4.69) is 32.4 Å². The van der Waals surface area contributed by atoms with Crippen molar-refractivity contribution < 1.29 is 4.74 Å². The molecule has 0 bridgehead atoms. The molecule has 0 saturated carbocycles. The van der Waals surface area contributed by atoms with E-state index in [9.17, 15) is 0 Å². The molecule has 0 aliphatic rings. The maximum atomic E-state index is 6.14. The second-order valence-corrected chi connectivity index (χ2v) is 8.07. The Morgan fingerprint density at radius 3 is 2.15 bits per heavy atom. The molecule has 8 heteroatoms. The number of aryl methyl sites for hydroxylation is 1. The van der Waals surface area contributed by atoms with Gasteiger partial charge in [-0.25, -0.2) is 0 Å². The van der Waals surface area contributed by atoms with Crippen LogP contribution in [0.25, 0.3) is 22.3 Å². The zero-order chi connectivity index (χ0) is 23.0. The van der Waals surface area contributed by atoms with Crippen molar-refractivity contribution in [1.82, 2.24) is 15.2 Å². The van der Waals surface area contributed by atoms with Crippen molar-refractivity contribution in [3.8, 4) is 28.1 Å². The van der Waals surface area contributed by atoms with Crippen molar-refractivity contribution in [3.05, 3.63) is 88.7 Å². The number of halogens is 2. The number of hydrazone groups is 1. The predicted molar refractivity (Wildman–Crippen MR) is 134 cm³/mol. The van der Waals surface area contributed by atoms with E-state index in [0.29, 0.717) is 28.3 Å². The van der Waals surface area contributed by atoms with Gasteiger partial charge in [-0.15, -0.1) is 10.2 Å². The number of anilines is 1. The first-order chi connectivity index (χ1) is 16.2. The van der Waals surface area contributed by atoms with Gasteiger partial charge in [-0.2, -0.15) is 5.10 Å². The van der Waals surface area contributed by atoms with Gasteiger partial charge in [0.1, 0.15) is 0 Å². The normalized spacial score (nSPS) is 10.6. The number of hydrogen-bond donors (Lipinski definition) is 1. The Bertz CT molecular complexity index is 1220. The van der Waals surface area contributed by atoms with Gasteiger partial charge in [0.25, 0.3) is 0 Å². The molecular weight excluding hydrogens is 457 g/mol. The maximum Gasteiger partial charge on any atom is 0.242 e. The molecule has 4 aromatic rings. The Hall–Kier alpha value is -3.48. The van der Waals surface area contributed by atoms with Gasteiger partial charge in [-0.1, -0.05) is 53.5 Å². The predicted octanol–water partition coefficient (Wildman–Crippen LogP) is 6.55. The van der Waals surface area contributed by atoms with E-state index >= 15 is 0 Å². The molecule has 2 heterocycles. The zero-order valence-corrected chi connectivity index (χ0v) is 19.2. The molecule has 33 heavy (non-hydrogen) atoms. The average Bonchev–Trinajstić information content (AvgIpc) is 2.84. The maximum absolute atomic E-state index is 6.14. The van der Waals surface area contributed by atoms with Gasteiger partial charge in [-0.05, 0) is 59.9 Å². The number of rotatable bonds is 9. The smallest absolute Gasteiger partial charge is 0.242 e. The molecule has 0 spiro atoms. The van der Waals surface area contributed by atoms with Crippen LogP contribution in [0.4, 0.5) is 5.82 Å². The van der Waals surface area contributed by atoms with Gasteiger partial charge < -0.3 is 4.74 Å². The highest BCUT2D eigenvalue weighted by atomic mass is 35.5. The minimum Gasteiger partial charge on any atom is -0.476 e. The van der Waals surface area contributed by atoms with Crippen molar-refractivity contribution in [3.63, 3.8) is 0 Å². The van der Waals surface area contributed by atoms with Gasteiger partial charge in [0.05, 0.1) is 12.2 Å². The zero-order valence-electron chi connectivity index (χ0n) is 17.7. The molecule has 0 aliphatic heterocycles. The lowest BCUT2D eigenvalue weighted by atomic mass is 9.96. The van der Waals surface area contributed by atoms with Crippen LogP contribution in [0.2, 0.25) is 10.0 Å². The van der Waals surface area contributed by atoms with E-state index in [1.165, 1.54) is 0 Å². The Balaban J connectivity index is 1.73. The lowest BCUT2D eigenvalue weighted by molar-refractivity contribution is 0.297. The highest BCUT2D eigenvalue weighted by Gasteiger charge is 2.21. The van der Waals surface area contributed by atoms with Crippen LogP contribution in [0, 0.1) is 0 Å². The number of benzene rings is 2. The molecule has 0 aliphatic carbocycles. The van der Waals surface area contributed by atoms with Crippen molar-refractivity contribution in [2.45, 2.75) is 12.8 Å². The van der Waals surface area contributed by atoms with E-state index in [-0.39, 0.29) is 0 Å². The Kier molecular flexibility index (Phi) is 7.50. The molecule has 166 valence electrons. The second-order valence-electron chi connectivity index (χ2n) is 7.20. The van der Waals surface area contributed by atoms with E-state index in [0.717, 1.165) is 40.7 Å². The average molecular weight is 478 g/mol. The Morgan fingerprint density at radius 2 is 1.55 bits per heavy atom. The minimum absolute atomic E-state index is 0.420. The van der Waals surface area contributed by atoms with Crippen LogP contribution in [-0.4, -0.2) is 28.5 Å². The fourth-order valence-corrected chi connectivity index (χ4v) is 3.70. The van der Waals surface area contributed by atoms with Gasteiger partial charge in [0, 0.05) is 34.7 Å². The third-order valence-corrected chi connectivity index (χ3v) is 5.47. The fraction of sp³-hybridized carbons (Fsp3) is 0.120. The first-order valence-corrected chi connectivity index (χ1v) is 11.1. The molecule has 0 unspecified atom stereocenters. The summed E-state index contributed by atoms with van der Waals surface area (Å²) >= 11 is 12.3. The van der Waals surface area contributed by atoms with Gasteiger partial charge in [0.2, 0.25) is 5.88 Å². The van der Waals surface area contributed by atoms with Crippen LogP contribution in [0.3, 0.4) is 0 Å². The summed E-state index contributed by atoms with van der Waals surface area (Å²) in [6.45, 7) is 4.00. The summed E-state index contributed by atoms with van der Waals surface area (Å²) in [6.07, 6.45) is 5.28. The largest absolute Gasteiger partial charge is 0.476 e. The monoisotopic (exact) mass is 477 g/mol. The number of aromatic nitrogens is 3. The summed E-state index contributed by atoms with van der Waals surface area (Å²) in [7, 11) is 0. The van der Waals surface area contributed by atoms with Crippen molar-refractivity contribution in [1.29, 1.82) is 0 Å². The third-order valence-electron chi connectivity index (χ3n) is 4.96. The lowest BCUT2D eigenvalue weighted by Gasteiger charge is -2.17. The standard InChI is InChI=1S/C25H21Cl2N5O/c1-28-30-24-22(18-6-10-20(26)11-7-18)23(19-8-12-21(27)13-9-19)25(32-31-24)33-15-3-5-17-4-2-14-29-16-17/h2,4,6-14,16H,1,3,5,15H2,(H,30,31). The number of nitrogens with one attached hydrogen (secondary N) is 1.